The van der Waals surface area contributed by atoms with Crippen molar-refractivity contribution in [1.82, 2.24) is 15.3 Å². The molecule has 2 N–H and O–H groups in total. The highest BCUT2D eigenvalue weighted by molar-refractivity contribution is 14.1. The summed E-state index contributed by atoms with van der Waals surface area (Å²) in [5.41, 5.74) is 0.428. The van der Waals surface area contributed by atoms with Crippen LogP contribution in [0, 0.1) is 20.8 Å². The van der Waals surface area contributed by atoms with Gasteiger partial charge in [0.2, 0.25) is 11.8 Å². The molecule has 3 saturated heterocycles. The predicted octanol–water partition coefficient (Wildman–Crippen LogP) is 2.57. The number of hydrogen-bond donors (Lipinski definition) is 2. The Hall–Kier alpha value is -2.62. The summed E-state index contributed by atoms with van der Waals surface area (Å²) in [6, 6.07) is 15.5. The topological polar surface area (TPSA) is 127 Å². The zero-order chi connectivity index (χ0) is 32.5. The third-order valence-electron chi connectivity index (χ3n) is 10.9. The lowest BCUT2D eigenvalue weighted by atomic mass is 9.62. The van der Waals surface area contributed by atoms with Gasteiger partial charge in [0.05, 0.1) is 13.2 Å². The molecule has 11 nitrogen and oxygen atoms in total. The van der Waals surface area contributed by atoms with Gasteiger partial charge in [0.25, 0.3) is 0 Å². The van der Waals surface area contributed by atoms with Crippen molar-refractivity contribution < 1.29 is 38.5 Å². The standard InChI is InChI=1S/C35H40IN3O8/c1-38(25(31(41)37-14-15-40)17-20-6-3-2-4-7-20)33(43)34-18-26-27-28(46-35(45-27,22-10-11-22)23-12-13-23)30(34)47-39(29(34)32(42)44-26)19-21-8-5-9-24(36)16-21/h2-9,16,22-23,25-30,40H,10-15,17-19H2,1H3,(H,37,41)/t25-,26-,27+,28+,29+,30-,34+/m1/s1. The molecule has 47 heavy (non-hydrogen) atoms. The number of amides is 2. The van der Waals surface area contributed by atoms with Crippen molar-refractivity contribution in [3.63, 3.8) is 0 Å². The van der Waals surface area contributed by atoms with Crippen LogP contribution in [0.1, 0.15) is 43.2 Å². The van der Waals surface area contributed by atoms with E-state index in [0.717, 1.165) is 40.4 Å². The number of nitrogens with zero attached hydrogens (tertiary/aromatic N) is 2. The lowest BCUT2D eigenvalue weighted by Gasteiger charge is -2.50. The molecule has 0 aromatic heterocycles. The molecule has 2 bridgehead atoms. The van der Waals surface area contributed by atoms with Gasteiger partial charge >= 0.3 is 5.97 Å². The van der Waals surface area contributed by atoms with Gasteiger partial charge in [0, 0.05) is 41.8 Å². The van der Waals surface area contributed by atoms with Crippen LogP contribution in [0.25, 0.3) is 0 Å². The smallest absolute Gasteiger partial charge is 0.327 e. The number of benzene rings is 2. The summed E-state index contributed by atoms with van der Waals surface area (Å²) >= 11 is 2.25. The average molecular weight is 758 g/mol. The summed E-state index contributed by atoms with van der Waals surface area (Å²) in [6.07, 6.45) is 1.84. The Balaban J connectivity index is 1.19. The van der Waals surface area contributed by atoms with E-state index >= 15 is 4.79 Å². The predicted molar refractivity (Wildman–Crippen MR) is 175 cm³/mol. The van der Waals surface area contributed by atoms with E-state index in [-0.39, 0.29) is 56.2 Å². The minimum absolute atomic E-state index is 0.0586. The van der Waals surface area contributed by atoms with E-state index in [0.29, 0.717) is 0 Å². The monoisotopic (exact) mass is 757 g/mol. The number of carbonyl (C=O) groups excluding carboxylic acids is 3. The molecule has 0 unspecified atom stereocenters. The Labute approximate surface area is 287 Å². The molecule has 3 saturated carbocycles. The van der Waals surface area contributed by atoms with Gasteiger partial charge in [0.1, 0.15) is 35.9 Å². The third kappa shape index (κ3) is 5.30. The number of carbonyl (C=O) groups is 3. The highest BCUT2D eigenvalue weighted by Gasteiger charge is 2.78. The molecule has 12 heteroatoms. The maximum atomic E-state index is 15.2. The number of aliphatic hydroxyl groups excluding tert-OH is 1. The molecule has 0 radical (unpaired) electrons. The highest BCUT2D eigenvalue weighted by Crippen LogP contribution is 2.64. The van der Waals surface area contributed by atoms with E-state index in [9.17, 15) is 14.7 Å². The number of likely N-dealkylation sites (N-methyl/N-ethyl adjacent to an activating group) is 1. The molecule has 250 valence electrons. The first-order valence-electron chi connectivity index (χ1n) is 16.7. The van der Waals surface area contributed by atoms with Crippen LogP contribution in [0.2, 0.25) is 0 Å². The van der Waals surface area contributed by atoms with Crippen molar-refractivity contribution in [2.75, 3.05) is 20.2 Å². The lowest BCUT2D eigenvalue weighted by molar-refractivity contribution is -0.235. The maximum Gasteiger partial charge on any atom is 0.327 e. The van der Waals surface area contributed by atoms with Gasteiger partial charge in [-0.2, -0.15) is 5.06 Å². The molecule has 3 aliphatic carbocycles. The Morgan fingerprint density at radius 3 is 2.43 bits per heavy atom. The zero-order valence-electron chi connectivity index (χ0n) is 26.3. The van der Waals surface area contributed by atoms with Crippen LogP contribution in [-0.2, 0) is 46.4 Å². The van der Waals surface area contributed by atoms with Gasteiger partial charge in [-0.1, -0.05) is 42.5 Å². The van der Waals surface area contributed by atoms with Gasteiger partial charge < -0.3 is 29.5 Å². The Bertz CT molecular complexity index is 1540. The van der Waals surface area contributed by atoms with E-state index < -0.39 is 53.7 Å². The molecule has 6 aliphatic rings. The summed E-state index contributed by atoms with van der Waals surface area (Å²) in [5, 5.41) is 13.8. The Kier molecular flexibility index (Phi) is 8.12. The van der Waals surface area contributed by atoms with Crippen LogP contribution in [0.3, 0.4) is 0 Å². The molecule has 7 atom stereocenters. The second-order valence-electron chi connectivity index (χ2n) is 13.9. The van der Waals surface area contributed by atoms with Crippen molar-refractivity contribution in [1.29, 1.82) is 0 Å². The molecule has 0 spiro atoms. The first-order chi connectivity index (χ1) is 22.7. The van der Waals surface area contributed by atoms with Crippen molar-refractivity contribution in [2.24, 2.45) is 17.3 Å². The van der Waals surface area contributed by atoms with Gasteiger partial charge in [0.15, 0.2) is 11.8 Å². The second-order valence-corrected chi connectivity index (χ2v) is 15.2. The van der Waals surface area contributed by atoms with Crippen molar-refractivity contribution in [3.8, 4) is 0 Å². The lowest BCUT2D eigenvalue weighted by Crippen LogP contribution is -2.70. The Morgan fingerprint density at radius 2 is 1.74 bits per heavy atom. The largest absolute Gasteiger partial charge is 0.458 e. The van der Waals surface area contributed by atoms with Gasteiger partial charge in [-0.3, -0.25) is 19.2 Å². The number of esters is 1. The zero-order valence-corrected chi connectivity index (χ0v) is 28.4. The quantitative estimate of drug-likeness (QED) is 0.263. The second kappa shape index (κ2) is 12.1. The van der Waals surface area contributed by atoms with E-state index in [4.69, 9.17) is 19.0 Å². The number of hydrogen-bond acceptors (Lipinski definition) is 9. The number of halogens is 1. The summed E-state index contributed by atoms with van der Waals surface area (Å²) in [7, 11) is 1.62. The molecule has 6 fully saturated rings. The number of hydroxylamine groups is 2. The maximum absolute atomic E-state index is 15.2. The van der Waals surface area contributed by atoms with E-state index in [1.807, 2.05) is 54.6 Å². The molecule has 2 aromatic carbocycles. The summed E-state index contributed by atoms with van der Waals surface area (Å²) < 4.78 is 21.0. The molecule has 3 heterocycles. The van der Waals surface area contributed by atoms with E-state index in [2.05, 4.69) is 27.9 Å². The minimum atomic E-state index is -1.38. The van der Waals surface area contributed by atoms with E-state index in [1.54, 1.807) is 12.1 Å². The van der Waals surface area contributed by atoms with Crippen molar-refractivity contribution in [2.45, 2.75) is 87.4 Å². The fourth-order valence-corrected chi connectivity index (χ4v) is 9.08. The van der Waals surface area contributed by atoms with Crippen LogP contribution < -0.4 is 5.32 Å². The van der Waals surface area contributed by atoms with Crippen molar-refractivity contribution in [3.05, 3.63) is 69.3 Å². The molecule has 8 rings (SSSR count). The van der Waals surface area contributed by atoms with Crippen LogP contribution in [0.15, 0.2) is 54.6 Å². The van der Waals surface area contributed by atoms with Gasteiger partial charge in [-0.15, -0.1) is 0 Å². The first kappa shape index (κ1) is 31.6. The minimum Gasteiger partial charge on any atom is -0.458 e. The van der Waals surface area contributed by atoms with Gasteiger partial charge in [-0.05, 0) is 71.5 Å². The molecule has 2 amide bonds. The summed E-state index contributed by atoms with van der Waals surface area (Å²) in [6.45, 7) is 0.0904. The van der Waals surface area contributed by atoms with Crippen LogP contribution >= 0.6 is 22.6 Å². The third-order valence-corrected chi connectivity index (χ3v) is 11.6. The number of fused-ring (bicyclic) bond motifs is 4. The SMILES string of the molecule is CN(C(=O)[C@@]12C[C@H]3OC(=O)[C@@H]1N(Cc1cccc(I)c1)O[C@@H]2[C@H]1OC(C2CC2)(C2CC2)O[C@H]13)[C@H](Cc1ccccc1)C(=O)NCCO. The number of rotatable bonds is 11. The number of nitrogens with one attached hydrogen (secondary N) is 1. The summed E-state index contributed by atoms with van der Waals surface area (Å²) in [5.74, 6) is -1.48. The average Bonchev–Trinajstić information content (AvgIpc) is 4.01. The normalized spacial score (nSPS) is 32.7. The molecular weight excluding hydrogens is 717 g/mol. The number of ether oxygens (including phenoxy) is 3. The Morgan fingerprint density at radius 1 is 1.04 bits per heavy atom. The molecule has 3 aliphatic heterocycles. The molecule has 2 aromatic rings. The fraction of sp³-hybridized carbons (Fsp3) is 0.571. The molecular formula is C35H40IN3O8. The van der Waals surface area contributed by atoms with Crippen LogP contribution in [-0.4, -0.2) is 95.3 Å². The fourth-order valence-electron chi connectivity index (χ4n) is 8.47. The van der Waals surface area contributed by atoms with Crippen LogP contribution in [0.4, 0.5) is 0 Å². The van der Waals surface area contributed by atoms with E-state index in [1.165, 1.54) is 4.90 Å². The van der Waals surface area contributed by atoms with Gasteiger partial charge in [-0.25, -0.2) is 0 Å². The summed E-state index contributed by atoms with van der Waals surface area (Å²) in [4.78, 5) is 51.2. The van der Waals surface area contributed by atoms with Crippen molar-refractivity contribution >= 4 is 40.4 Å². The highest BCUT2D eigenvalue weighted by atomic mass is 127. The van der Waals surface area contributed by atoms with Crippen LogP contribution in [0.5, 0.6) is 0 Å². The number of aliphatic hydroxyl groups is 1. The first-order valence-corrected chi connectivity index (χ1v) is 17.8.